The van der Waals surface area contributed by atoms with Crippen molar-refractivity contribution in [2.45, 2.75) is 6.54 Å². The van der Waals surface area contributed by atoms with E-state index in [1.807, 2.05) is 24.3 Å². The Hall–Kier alpha value is -2.07. The van der Waals surface area contributed by atoms with Crippen LogP contribution in [0.5, 0.6) is 0 Å². The lowest BCUT2D eigenvalue weighted by Gasteiger charge is -2.09. The van der Waals surface area contributed by atoms with Gasteiger partial charge in [-0.3, -0.25) is 0 Å². The van der Waals surface area contributed by atoms with E-state index in [1.54, 1.807) is 0 Å². The third-order valence-electron chi connectivity index (χ3n) is 2.42. The molecule has 1 aromatic carbocycles. The average molecular weight is 214 g/mol. The molecule has 0 aliphatic carbocycles. The number of hydrogen-bond acceptors (Lipinski definition) is 3. The van der Waals surface area contributed by atoms with Crippen LogP contribution in [0, 0.1) is 11.3 Å². The molecular formula is C12H12N3O. The van der Waals surface area contributed by atoms with Crippen LogP contribution in [0.3, 0.4) is 0 Å². The van der Waals surface area contributed by atoms with Gasteiger partial charge < -0.3 is 16.7 Å². The zero-order valence-corrected chi connectivity index (χ0v) is 8.68. The lowest BCUT2D eigenvalue weighted by atomic mass is 10.0. The van der Waals surface area contributed by atoms with E-state index in [9.17, 15) is 5.21 Å². The Kier molecular flexibility index (Phi) is 2.74. The molecule has 2 rings (SSSR count). The van der Waals surface area contributed by atoms with E-state index < -0.39 is 0 Å². The third-order valence-corrected chi connectivity index (χ3v) is 2.42. The molecule has 0 saturated carbocycles. The second-order valence-corrected chi connectivity index (χ2v) is 3.41. The van der Waals surface area contributed by atoms with Gasteiger partial charge >= 0.3 is 0 Å². The highest BCUT2D eigenvalue weighted by molar-refractivity contribution is 5.71. The molecule has 1 heterocycles. The molecular weight excluding hydrogens is 202 g/mol. The SMILES string of the molecule is NCc1ccccc1-c1c(N)[c]cc[n+]1[O-]. The maximum atomic E-state index is 11.7. The number of rotatable bonds is 2. The number of nitrogens with two attached hydrogens (primary N) is 2. The summed E-state index contributed by atoms with van der Waals surface area (Å²) in [6.45, 7) is 0.366. The van der Waals surface area contributed by atoms with E-state index in [-0.39, 0.29) is 0 Å². The predicted octanol–water partition coefficient (Wildman–Crippen LogP) is 0.828. The van der Waals surface area contributed by atoms with Crippen LogP contribution in [-0.2, 0) is 6.54 Å². The molecule has 1 aromatic heterocycles. The van der Waals surface area contributed by atoms with Crippen LogP contribution < -0.4 is 16.2 Å². The number of pyridine rings is 1. The smallest absolute Gasteiger partial charge is 0.247 e. The summed E-state index contributed by atoms with van der Waals surface area (Å²) < 4.78 is 0.736. The molecule has 0 saturated heterocycles. The number of nitrogens with zero attached hydrogens (tertiary/aromatic N) is 1. The summed E-state index contributed by atoms with van der Waals surface area (Å²) >= 11 is 0. The van der Waals surface area contributed by atoms with Crippen molar-refractivity contribution in [3.8, 4) is 11.3 Å². The molecule has 4 nitrogen and oxygen atoms in total. The van der Waals surface area contributed by atoms with Crippen molar-refractivity contribution in [3.63, 3.8) is 0 Å². The first-order valence-corrected chi connectivity index (χ1v) is 4.91. The van der Waals surface area contributed by atoms with E-state index in [0.29, 0.717) is 17.9 Å². The summed E-state index contributed by atoms with van der Waals surface area (Å²) in [5.41, 5.74) is 13.8. The van der Waals surface area contributed by atoms with E-state index in [0.717, 1.165) is 15.9 Å². The fourth-order valence-electron chi connectivity index (χ4n) is 1.65. The molecule has 4 heteroatoms. The molecule has 2 aromatic rings. The molecule has 16 heavy (non-hydrogen) atoms. The van der Waals surface area contributed by atoms with Crippen molar-refractivity contribution < 1.29 is 4.73 Å². The summed E-state index contributed by atoms with van der Waals surface area (Å²) in [6.07, 6.45) is 1.37. The predicted molar refractivity (Wildman–Crippen MR) is 62.0 cm³/mol. The molecule has 0 spiro atoms. The molecule has 0 bridgehead atoms. The van der Waals surface area contributed by atoms with Crippen molar-refractivity contribution in [2.75, 3.05) is 5.73 Å². The van der Waals surface area contributed by atoms with Crippen LogP contribution in [0.25, 0.3) is 11.3 Å². The van der Waals surface area contributed by atoms with Crippen LogP contribution in [0.2, 0.25) is 0 Å². The minimum absolute atomic E-state index is 0.332. The van der Waals surface area contributed by atoms with Crippen molar-refractivity contribution >= 4 is 5.69 Å². The highest BCUT2D eigenvalue weighted by atomic mass is 16.5. The minimum Gasteiger partial charge on any atom is -0.618 e. The summed E-state index contributed by atoms with van der Waals surface area (Å²) in [5.74, 6) is 0. The van der Waals surface area contributed by atoms with E-state index in [1.165, 1.54) is 12.3 Å². The second-order valence-electron chi connectivity index (χ2n) is 3.41. The number of anilines is 1. The van der Waals surface area contributed by atoms with Crippen molar-refractivity contribution in [3.05, 3.63) is 53.4 Å². The molecule has 4 N–H and O–H groups in total. The third kappa shape index (κ3) is 1.70. The van der Waals surface area contributed by atoms with E-state index in [2.05, 4.69) is 6.07 Å². The normalized spacial score (nSPS) is 10.3. The Labute approximate surface area is 93.7 Å². The molecule has 81 valence electrons. The van der Waals surface area contributed by atoms with Gasteiger partial charge in [-0.2, -0.15) is 4.73 Å². The Morgan fingerprint density at radius 1 is 1.31 bits per heavy atom. The van der Waals surface area contributed by atoms with Gasteiger partial charge in [-0.1, -0.05) is 18.2 Å². The van der Waals surface area contributed by atoms with Crippen LogP contribution in [-0.4, -0.2) is 0 Å². The van der Waals surface area contributed by atoms with Crippen molar-refractivity contribution in [2.24, 2.45) is 5.73 Å². The quantitative estimate of drug-likeness (QED) is 0.574. The maximum absolute atomic E-state index is 11.7. The summed E-state index contributed by atoms with van der Waals surface area (Å²) in [5, 5.41) is 11.7. The van der Waals surface area contributed by atoms with Crippen LogP contribution in [0.1, 0.15) is 5.56 Å². The number of hydrogen-bond donors (Lipinski definition) is 2. The Morgan fingerprint density at radius 3 is 2.75 bits per heavy atom. The second kappa shape index (κ2) is 4.20. The lowest BCUT2D eigenvalue weighted by molar-refractivity contribution is -0.593. The number of benzene rings is 1. The molecule has 0 aliphatic heterocycles. The molecule has 0 amide bonds. The van der Waals surface area contributed by atoms with Gasteiger partial charge in [0.1, 0.15) is 5.69 Å². The fourth-order valence-corrected chi connectivity index (χ4v) is 1.65. The van der Waals surface area contributed by atoms with Crippen LogP contribution >= 0.6 is 0 Å². The monoisotopic (exact) mass is 214 g/mol. The van der Waals surface area contributed by atoms with Gasteiger partial charge in [-0.05, 0) is 11.6 Å². The van der Waals surface area contributed by atoms with Gasteiger partial charge in [0.2, 0.25) is 5.69 Å². The number of aromatic nitrogens is 1. The van der Waals surface area contributed by atoms with Crippen molar-refractivity contribution in [1.29, 1.82) is 0 Å². The first-order chi connectivity index (χ1) is 7.74. The molecule has 1 radical (unpaired) electrons. The topological polar surface area (TPSA) is 79.0 Å². The highest BCUT2D eigenvalue weighted by Crippen LogP contribution is 2.24. The molecule has 0 fully saturated rings. The summed E-state index contributed by atoms with van der Waals surface area (Å²) in [6, 6.07) is 11.7. The molecule has 0 aliphatic rings. The summed E-state index contributed by atoms with van der Waals surface area (Å²) in [7, 11) is 0. The fraction of sp³-hybridized carbons (Fsp3) is 0.0833. The zero-order valence-electron chi connectivity index (χ0n) is 8.68. The molecule has 0 unspecified atom stereocenters. The van der Waals surface area contributed by atoms with Gasteiger partial charge in [0.25, 0.3) is 0 Å². The maximum Gasteiger partial charge on any atom is 0.247 e. The Morgan fingerprint density at radius 2 is 2.06 bits per heavy atom. The zero-order chi connectivity index (χ0) is 11.5. The minimum atomic E-state index is 0.332. The Balaban J connectivity index is 2.67. The van der Waals surface area contributed by atoms with Crippen LogP contribution in [0.15, 0.2) is 36.5 Å². The van der Waals surface area contributed by atoms with Gasteiger partial charge in [0, 0.05) is 18.7 Å². The van der Waals surface area contributed by atoms with Crippen molar-refractivity contribution in [1.82, 2.24) is 0 Å². The Bertz CT molecular complexity index is 491. The molecule has 0 atom stereocenters. The summed E-state index contributed by atoms with van der Waals surface area (Å²) in [4.78, 5) is 0. The van der Waals surface area contributed by atoms with Gasteiger partial charge in [0.05, 0.1) is 5.56 Å². The first kappa shape index (κ1) is 10.4. The lowest BCUT2D eigenvalue weighted by Crippen LogP contribution is -2.30. The largest absolute Gasteiger partial charge is 0.618 e. The number of nitrogen functional groups attached to an aromatic ring is 1. The van der Waals surface area contributed by atoms with E-state index >= 15 is 0 Å². The van der Waals surface area contributed by atoms with Gasteiger partial charge in [0.15, 0.2) is 6.20 Å². The highest BCUT2D eigenvalue weighted by Gasteiger charge is 2.15. The van der Waals surface area contributed by atoms with Gasteiger partial charge in [-0.25, -0.2) is 0 Å². The van der Waals surface area contributed by atoms with Crippen LogP contribution in [0.4, 0.5) is 5.69 Å². The average Bonchev–Trinajstić information content (AvgIpc) is 2.29. The van der Waals surface area contributed by atoms with E-state index in [4.69, 9.17) is 11.5 Å². The standard InChI is InChI=1S/C12H12N3O/c13-8-9-4-1-2-5-10(9)12-11(14)6-3-7-15(12)16/h1-5,7H,8,13-14H2. The van der Waals surface area contributed by atoms with Gasteiger partial charge in [-0.15, -0.1) is 0 Å². The first-order valence-electron chi connectivity index (χ1n) is 4.91.